The number of anilines is 1. The van der Waals surface area contributed by atoms with Crippen molar-refractivity contribution in [3.8, 4) is 5.75 Å². The predicted octanol–water partition coefficient (Wildman–Crippen LogP) is 6.19. The molecule has 0 aromatic heterocycles. The standard InChI is InChI=1S/C17H16BrCl2NO2/c1-2-3-8-23-16-7-4-11(18)9-13(16)17(22)21-12-5-6-14(19)15(20)10-12/h4-7,9-10H,2-3,8H2,1H3,(H,21,22). The van der Waals surface area contributed by atoms with Gasteiger partial charge < -0.3 is 10.1 Å². The van der Waals surface area contributed by atoms with Crippen LogP contribution in [0.2, 0.25) is 10.0 Å². The van der Waals surface area contributed by atoms with Crippen molar-refractivity contribution >= 4 is 50.7 Å². The van der Waals surface area contributed by atoms with Crippen LogP contribution in [0, 0.1) is 0 Å². The van der Waals surface area contributed by atoms with Crippen LogP contribution >= 0.6 is 39.1 Å². The van der Waals surface area contributed by atoms with Gasteiger partial charge in [-0.3, -0.25) is 4.79 Å². The molecule has 1 amide bonds. The second-order valence-corrected chi connectivity index (χ2v) is 6.66. The third-order valence-electron chi connectivity index (χ3n) is 3.12. The highest BCUT2D eigenvalue weighted by atomic mass is 79.9. The number of unbranched alkanes of at least 4 members (excludes halogenated alkanes) is 1. The monoisotopic (exact) mass is 415 g/mol. The number of carbonyl (C=O) groups excluding carboxylic acids is 1. The van der Waals surface area contributed by atoms with E-state index in [0.717, 1.165) is 17.3 Å². The molecule has 0 saturated carbocycles. The van der Waals surface area contributed by atoms with Crippen molar-refractivity contribution in [3.63, 3.8) is 0 Å². The van der Waals surface area contributed by atoms with Gasteiger partial charge in [-0.1, -0.05) is 52.5 Å². The third-order valence-corrected chi connectivity index (χ3v) is 4.35. The molecule has 2 rings (SSSR count). The second kappa shape index (κ2) is 8.57. The van der Waals surface area contributed by atoms with Crippen LogP contribution in [0.4, 0.5) is 5.69 Å². The van der Waals surface area contributed by atoms with E-state index in [0.29, 0.717) is 33.7 Å². The van der Waals surface area contributed by atoms with Gasteiger partial charge in [0.2, 0.25) is 0 Å². The number of hydrogen-bond acceptors (Lipinski definition) is 2. The van der Waals surface area contributed by atoms with Gasteiger partial charge in [-0.05, 0) is 42.8 Å². The largest absolute Gasteiger partial charge is 0.493 e. The van der Waals surface area contributed by atoms with Crippen molar-refractivity contribution in [2.75, 3.05) is 11.9 Å². The molecule has 0 spiro atoms. The van der Waals surface area contributed by atoms with Gasteiger partial charge in [0.1, 0.15) is 5.75 Å². The van der Waals surface area contributed by atoms with Crippen molar-refractivity contribution in [2.45, 2.75) is 19.8 Å². The van der Waals surface area contributed by atoms with Gasteiger partial charge in [-0.2, -0.15) is 0 Å². The molecule has 0 aliphatic rings. The summed E-state index contributed by atoms with van der Waals surface area (Å²) in [4.78, 5) is 12.5. The molecule has 23 heavy (non-hydrogen) atoms. The SMILES string of the molecule is CCCCOc1ccc(Br)cc1C(=O)Nc1ccc(Cl)c(Cl)c1. The number of ether oxygens (including phenoxy) is 1. The highest BCUT2D eigenvalue weighted by Crippen LogP contribution is 2.27. The van der Waals surface area contributed by atoms with Gasteiger partial charge in [0.25, 0.3) is 5.91 Å². The molecule has 0 unspecified atom stereocenters. The van der Waals surface area contributed by atoms with Crippen LogP contribution < -0.4 is 10.1 Å². The number of halogens is 3. The van der Waals surface area contributed by atoms with E-state index in [4.69, 9.17) is 27.9 Å². The van der Waals surface area contributed by atoms with E-state index in [1.54, 1.807) is 30.3 Å². The molecule has 0 aliphatic carbocycles. The van der Waals surface area contributed by atoms with Crippen LogP contribution in [0.3, 0.4) is 0 Å². The molecule has 6 heteroatoms. The fourth-order valence-electron chi connectivity index (χ4n) is 1.90. The van der Waals surface area contributed by atoms with Crippen molar-refractivity contribution in [1.29, 1.82) is 0 Å². The first-order valence-corrected chi connectivity index (χ1v) is 8.75. The van der Waals surface area contributed by atoms with E-state index in [9.17, 15) is 4.79 Å². The minimum absolute atomic E-state index is 0.267. The lowest BCUT2D eigenvalue weighted by molar-refractivity contribution is 0.102. The summed E-state index contributed by atoms with van der Waals surface area (Å²) in [6.45, 7) is 2.66. The number of amides is 1. The molecular formula is C17H16BrCl2NO2. The predicted molar refractivity (Wildman–Crippen MR) is 99.0 cm³/mol. The van der Waals surface area contributed by atoms with Gasteiger partial charge in [0.15, 0.2) is 0 Å². The van der Waals surface area contributed by atoms with Crippen LogP contribution in [0.1, 0.15) is 30.1 Å². The highest BCUT2D eigenvalue weighted by Gasteiger charge is 2.14. The van der Waals surface area contributed by atoms with Crippen molar-refractivity contribution in [1.82, 2.24) is 0 Å². The molecule has 0 radical (unpaired) electrons. The van der Waals surface area contributed by atoms with Crippen LogP contribution in [-0.2, 0) is 0 Å². The maximum absolute atomic E-state index is 12.5. The summed E-state index contributed by atoms with van der Waals surface area (Å²) in [5, 5.41) is 3.63. The zero-order valence-electron chi connectivity index (χ0n) is 12.5. The summed E-state index contributed by atoms with van der Waals surface area (Å²) in [5.41, 5.74) is 1.03. The molecule has 122 valence electrons. The van der Waals surface area contributed by atoms with Crippen molar-refractivity contribution in [2.24, 2.45) is 0 Å². The summed E-state index contributed by atoms with van der Waals surface area (Å²) in [7, 11) is 0. The number of rotatable bonds is 6. The fraction of sp³-hybridized carbons (Fsp3) is 0.235. The van der Waals surface area contributed by atoms with Gasteiger partial charge in [-0.25, -0.2) is 0 Å². The summed E-state index contributed by atoms with van der Waals surface area (Å²) < 4.78 is 6.51. The van der Waals surface area contributed by atoms with Gasteiger partial charge in [-0.15, -0.1) is 0 Å². The molecule has 1 N–H and O–H groups in total. The lowest BCUT2D eigenvalue weighted by Crippen LogP contribution is -2.14. The average molecular weight is 417 g/mol. The first-order chi connectivity index (χ1) is 11.0. The zero-order valence-corrected chi connectivity index (χ0v) is 15.6. The highest BCUT2D eigenvalue weighted by molar-refractivity contribution is 9.10. The first kappa shape index (κ1) is 18.1. The molecule has 0 saturated heterocycles. The van der Waals surface area contributed by atoms with E-state index < -0.39 is 0 Å². The quantitative estimate of drug-likeness (QED) is 0.570. The Bertz CT molecular complexity index is 707. The topological polar surface area (TPSA) is 38.3 Å². The molecule has 0 heterocycles. The summed E-state index contributed by atoms with van der Waals surface area (Å²) in [6.07, 6.45) is 1.96. The molecule has 0 bridgehead atoms. The van der Waals surface area contributed by atoms with Crippen LogP contribution in [0.15, 0.2) is 40.9 Å². The first-order valence-electron chi connectivity index (χ1n) is 7.20. The zero-order chi connectivity index (χ0) is 16.8. The normalized spacial score (nSPS) is 10.4. The summed E-state index contributed by atoms with van der Waals surface area (Å²) in [5.74, 6) is 0.287. The molecule has 2 aromatic carbocycles. The third kappa shape index (κ3) is 5.13. The maximum atomic E-state index is 12.5. The van der Waals surface area contributed by atoms with Gasteiger partial charge >= 0.3 is 0 Å². The van der Waals surface area contributed by atoms with E-state index >= 15 is 0 Å². The lowest BCUT2D eigenvalue weighted by Gasteiger charge is -2.12. The Kier molecular flexibility index (Phi) is 6.75. The number of carbonyl (C=O) groups is 1. The van der Waals surface area contributed by atoms with Gasteiger partial charge in [0.05, 0.1) is 22.2 Å². The number of nitrogens with one attached hydrogen (secondary N) is 1. The summed E-state index contributed by atoms with van der Waals surface area (Å²) in [6, 6.07) is 10.3. The molecule has 2 aromatic rings. The van der Waals surface area contributed by atoms with Gasteiger partial charge in [0, 0.05) is 10.2 Å². The Hall–Kier alpha value is -1.23. The maximum Gasteiger partial charge on any atom is 0.259 e. The summed E-state index contributed by atoms with van der Waals surface area (Å²) >= 11 is 15.2. The number of hydrogen-bond donors (Lipinski definition) is 1. The second-order valence-electron chi connectivity index (χ2n) is 4.93. The molecular weight excluding hydrogens is 401 g/mol. The Labute approximate surface area is 154 Å². The molecule has 0 fully saturated rings. The van der Waals surface area contributed by atoms with E-state index in [2.05, 4.69) is 28.2 Å². The molecule has 0 atom stereocenters. The Morgan fingerprint density at radius 3 is 2.65 bits per heavy atom. The minimum atomic E-state index is -0.267. The van der Waals surface area contributed by atoms with E-state index in [-0.39, 0.29) is 5.91 Å². The smallest absolute Gasteiger partial charge is 0.259 e. The molecule has 0 aliphatic heterocycles. The van der Waals surface area contributed by atoms with E-state index in [1.807, 2.05) is 6.07 Å². The van der Waals surface area contributed by atoms with Crippen molar-refractivity contribution < 1.29 is 9.53 Å². The van der Waals surface area contributed by atoms with Crippen LogP contribution in [0.5, 0.6) is 5.75 Å². The van der Waals surface area contributed by atoms with E-state index in [1.165, 1.54) is 0 Å². The fourth-order valence-corrected chi connectivity index (χ4v) is 2.56. The van der Waals surface area contributed by atoms with Crippen LogP contribution in [0.25, 0.3) is 0 Å². The molecule has 3 nitrogen and oxygen atoms in total. The van der Waals surface area contributed by atoms with Crippen molar-refractivity contribution in [3.05, 3.63) is 56.5 Å². The average Bonchev–Trinajstić information content (AvgIpc) is 2.52. The minimum Gasteiger partial charge on any atom is -0.493 e. The van der Waals surface area contributed by atoms with Crippen LogP contribution in [-0.4, -0.2) is 12.5 Å². The Balaban J connectivity index is 2.19. The lowest BCUT2D eigenvalue weighted by atomic mass is 10.2. The Morgan fingerprint density at radius 1 is 1.17 bits per heavy atom. The Morgan fingerprint density at radius 2 is 1.96 bits per heavy atom. The number of benzene rings is 2.